The van der Waals surface area contributed by atoms with Crippen LogP contribution in [0.2, 0.25) is 0 Å². The molecule has 4 heteroatoms. The van der Waals surface area contributed by atoms with Crippen molar-refractivity contribution < 1.29 is 9.90 Å². The van der Waals surface area contributed by atoms with Gasteiger partial charge in [0, 0.05) is 6.42 Å². The smallest absolute Gasteiger partial charge is 0.303 e. The molecule has 0 amide bonds. The molecule has 0 aliphatic rings. The molecule has 0 aromatic carbocycles. The molecular formula is C33H70N2O2. The van der Waals surface area contributed by atoms with E-state index in [0.717, 1.165) is 12.8 Å². The lowest BCUT2D eigenvalue weighted by Gasteiger charge is -2.09. The summed E-state index contributed by atoms with van der Waals surface area (Å²) in [7, 11) is 4.27. The van der Waals surface area contributed by atoms with Crippen LogP contribution in [0.1, 0.15) is 174 Å². The molecule has 0 unspecified atom stereocenters. The Bertz CT molecular complexity index is 415. The second-order valence-corrected chi connectivity index (χ2v) is 11.5. The normalized spacial score (nSPS) is 11.1. The molecule has 0 aromatic heterocycles. The van der Waals surface area contributed by atoms with Crippen molar-refractivity contribution in [1.29, 1.82) is 0 Å². The van der Waals surface area contributed by atoms with Crippen molar-refractivity contribution in [2.75, 3.05) is 33.7 Å². The second kappa shape index (κ2) is 35.4. The van der Waals surface area contributed by atoms with Gasteiger partial charge in [-0.05, 0) is 53.0 Å². The molecule has 0 saturated carbocycles. The van der Waals surface area contributed by atoms with Crippen molar-refractivity contribution in [3.05, 3.63) is 0 Å². The Morgan fingerprint density at radius 3 is 1.19 bits per heavy atom. The molecule has 0 bridgehead atoms. The number of hydrogen-bond donors (Lipinski definition) is 2. The molecule has 0 heterocycles. The monoisotopic (exact) mass is 527 g/mol. The Kier molecular flexibility index (Phi) is 36.9. The molecule has 4 nitrogen and oxygen atoms in total. The minimum Gasteiger partial charge on any atom is -0.481 e. The van der Waals surface area contributed by atoms with Gasteiger partial charge < -0.3 is 15.3 Å². The summed E-state index contributed by atoms with van der Waals surface area (Å²) in [5, 5.41) is 12.0. The van der Waals surface area contributed by atoms with Crippen LogP contribution in [0.5, 0.6) is 0 Å². The van der Waals surface area contributed by atoms with E-state index >= 15 is 0 Å². The van der Waals surface area contributed by atoms with E-state index in [1.807, 2.05) is 0 Å². The van der Waals surface area contributed by atoms with Gasteiger partial charge in [-0.1, -0.05) is 149 Å². The number of rotatable bonds is 29. The zero-order valence-electron chi connectivity index (χ0n) is 26.1. The highest BCUT2D eigenvalue weighted by Crippen LogP contribution is 2.13. The van der Waals surface area contributed by atoms with Gasteiger partial charge in [0.15, 0.2) is 0 Å². The molecule has 0 saturated heterocycles. The van der Waals surface area contributed by atoms with Crippen molar-refractivity contribution >= 4 is 5.97 Å². The maximum absolute atomic E-state index is 10.3. The van der Waals surface area contributed by atoms with Crippen LogP contribution in [0.25, 0.3) is 0 Å². The lowest BCUT2D eigenvalue weighted by atomic mass is 10.0. The molecule has 0 aliphatic heterocycles. The fraction of sp³-hybridized carbons (Fsp3) is 0.970. The van der Waals surface area contributed by atoms with Crippen LogP contribution in [-0.2, 0) is 4.79 Å². The summed E-state index contributed by atoms with van der Waals surface area (Å²) in [6.45, 7) is 8.13. The van der Waals surface area contributed by atoms with Crippen molar-refractivity contribution in [2.24, 2.45) is 0 Å². The molecule has 0 atom stereocenters. The topological polar surface area (TPSA) is 52.6 Å². The third-order valence-electron chi connectivity index (χ3n) is 7.16. The summed E-state index contributed by atoms with van der Waals surface area (Å²) in [4.78, 5) is 12.6. The number of nitrogens with one attached hydrogen (secondary N) is 1. The largest absolute Gasteiger partial charge is 0.481 e. The number of nitrogens with zero attached hydrogens (tertiary/aromatic N) is 1. The Balaban J connectivity index is 0. The van der Waals surface area contributed by atoms with Crippen LogP contribution in [-0.4, -0.2) is 49.7 Å². The summed E-state index contributed by atoms with van der Waals surface area (Å²) < 4.78 is 0. The van der Waals surface area contributed by atoms with Crippen LogP contribution in [0, 0.1) is 0 Å². The van der Waals surface area contributed by atoms with Crippen molar-refractivity contribution in [3.63, 3.8) is 0 Å². The number of hydrogen-bond acceptors (Lipinski definition) is 3. The minimum atomic E-state index is -0.653. The van der Waals surface area contributed by atoms with Gasteiger partial charge in [-0.2, -0.15) is 0 Å². The SMILES string of the molecule is CCCCCCCCCCCCCCCCCC(=O)O.CCCCCCCCCCNCCCN(C)C. The van der Waals surface area contributed by atoms with E-state index in [-0.39, 0.29) is 0 Å². The quantitative estimate of drug-likeness (QED) is 0.0952. The van der Waals surface area contributed by atoms with Gasteiger partial charge in [0.25, 0.3) is 0 Å². The first kappa shape index (κ1) is 38.5. The maximum atomic E-state index is 10.3. The molecule has 2 N–H and O–H groups in total. The first-order valence-corrected chi connectivity index (χ1v) is 16.6. The third kappa shape index (κ3) is 42.7. The molecule has 224 valence electrons. The molecule has 0 aliphatic carbocycles. The highest BCUT2D eigenvalue weighted by atomic mass is 16.4. The average Bonchev–Trinajstić information content (AvgIpc) is 2.87. The summed E-state index contributed by atoms with van der Waals surface area (Å²) in [5.74, 6) is -0.653. The lowest BCUT2D eigenvalue weighted by Crippen LogP contribution is -2.22. The molecule has 0 spiro atoms. The fourth-order valence-corrected chi connectivity index (χ4v) is 4.68. The van der Waals surface area contributed by atoms with Gasteiger partial charge in [0.2, 0.25) is 0 Å². The number of carbonyl (C=O) groups is 1. The van der Waals surface area contributed by atoms with E-state index in [9.17, 15) is 4.79 Å². The van der Waals surface area contributed by atoms with Crippen molar-refractivity contribution in [2.45, 2.75) is 174 Å². The van der Waals surface area contributed by atoms with Gasteiger partial charge in [-0.15, -0.1) is 0 Å². The van der Waals surface area contributed by atoms with Crippen LogP contribution in [0.15, 0.2) is 0 Å². The second-order valence-electron chi connectivity index (χ2n) is 11.5. The summed E-state index contributed by atoms with van der Waals surface area (Å²) in [6, 6.07) is 0. The zero-order valence-corrected chi connectivity index (χ0v) is 26.1. The highest BCUT2D eigenvalue weighted by molar-refractivity contribution is 5.66. The van der Waals surface area contributed by atoms with Gasteiger partial charge in [-0.3, -0.25) is 4.79 Å². The molecule has 0 fully saturated rings. The van der Waals surface area contributed by atoms with E-state index in [0.29, 0.717) is 6.42 Å². The Morgan fingerprint density at radius 1 is 0.514 bits per heavy atom. The molecule has 0 rings (SSSR count). The molecule has 0 aromatic rings. The first-order chi connectivity index (χ1) is 18.0. The maximum Gasteiger partial charge on any atom is 0.303 e. The first-order valence-electron chi connectivity index (χ1n) is 16.6. The van der Waals surface area contributed by atoms with E-state index in [4.69, 9.17) is 5.11 Å². The van der Waals surface area contributed by atoms with Gasteiger partial charge in [0.1, 0.15) is 0 Å². The Morgan fingerprint density at radius 2 is 0.838 bits per heavy atom. The van der Waals surface area contributed by atoms with Crippen LogP contribution in [0.4, 0.5) is 0 Å². The van der Waals surface area contributed by atoms with Gasteiger partial charge in [-0.25, -0.2) is 0 Å². The van der Waals surface area contributed by atoms with Crippen molar-refractivity contribution in [3.8, 4) is 0 Å². The highest BCUT2D eigenvalue weighted by Gasteiger charge is 1.97. The van der Waals surface area contributed by atoms with Gasteiger partial charge in [0.05, 0.1) is 0 Å². The average molecular weight is 527 g/mol. The van der Waals surface area contributed by atoms with E-state index in [1.165, 1.54) is 161 Å². The van der Waals surface area contributed by atoms with Gasteiger partial charge >= 0.3 is 5.97 Å². The fourth-order valence-electron chi connectivity index (χ4n) is 4.68. The predicted octanol–water partition coefficient (Wildman–Crippen LogP) is 10.0. The summed E-state index contributed by atoms with van der Waals surface area (Å²) in [5.41, 5.74) is 0. The summed E-state index contributed by atoms with van der Waals surface area (Å²) >= 11 is 0. The van der Waals surface area contributed by atoms with Crippen LogP contribution < -0.4 is 5.32 Å². The number of unbranched alkanes of at least 4 members (excludes halogenated alkanes) is 21. The summed E-state index contributed by atoms with van der Waals surface area (Å²) in [6.07, 6.45) is 32.8. The molecular weight excluding hydrogens is 456 g/mol. The van der Waals surface area contributed by atoms with E-state index in [1.54, 1.807) is 0 Å². The van der Waals surface area contributed by atoms with Crippen LogP contribution >= 0.6 is 0 Å². The number of carboxylic acid groups (broad SMARTS) is 1. The third-order valence-corrected chi connectivity index (χ3v) is 7.16. The zero-order chi connectivity index (χ0) is 27.7. The van der Waals surface area contributed by atoms with Crippen molar-refractivity contribution in [1.82, 2.24) is 10.2 Å². The van der Waals surface area contributed by atoms with E-state index in [2.05, 4.69) is 38.2 Å². The minimum absolute atomic E-state index is 0.345. The van der Waals surface area contributed by atoms with E-state index < -0.39 is 5.97 Å². The Hall–Kier alpha value is -0.610. The molecule has 37 heavy (non-hydrogen) atoms. The molecule has 0 radical (unpaired) electrons. The van der Waals surface area contributed by atoms with Crippen LogP contribution in [0.3, 0.4) is 0 Å². The Labute approximate surface area is 234 Å². The standard InChI is InChI=1S/C18H36O2.C15H34N2/c1-2-3-4-5-6-7-8-9-10-11-12-13-14-15-16-17-18(19)20;1-4-5-6-7-8-9-10-11-13-16-14-12-15-17(2)3/h2-17H2,1H3,(H,19,20);16H,4-15H2,1-3H3. The predicted molar refractivity (Wildman–Crippen MR) is 166 cm³/mol. The number of aliphatic carboxylic acids is 1. The lowest BCUT2D eigenvalue weighted by molar-refractivity contribution is -0.137. The number of carboxylic acids is 1.